The molecule has 6 nitrogen and oxygen atoms in total. The minimum atomic E-state index is -0.430. The minimum Gasteiger partial charge on any atom is -0.482 e. The highest BCUT2D eigenvalue weighted by atomic mass is 16.6. The van der Waals surface area contributed by atoms with E-state index in [-0.39, 0.29) is 12.2 Å². The van der Waals surface area contributed by atoms with Crippen molar-refractivity contribution in [2.24, 2.45) is 0 Å². The Bertz CT molecular complexity index is 1130. The van der Waals surface area contributed by atoms with E-state index < -0.39 is 5.97 Å². The van der Waals surface area contributed by atoms with Crippen LogP contribution in [0, 0.1) is 13.8 Å². The average Bonchev–Trinajstić information content (AvgIpc) is 2.70. The van der Waals surface area contributed by atoms with Gasteiger partial charge in [0.25, 0.3) is 0 Å². The Morgan fingerprint density at radius 1 is 1.10 bits per heavy atom. The quantitative estimate of drug-likeness (QED) is 0.450. The van der Waals surface area contributed by atoms with Gasteiger partial charge in [-0.05, 0) is 72.4 Å². The molecule has 0 atom stereocenters. The molecule has 158 valence electrons. The van der Waals surface area contributed by atoms with Gasteiger partial charge in [-0.25, -0.2) is 9.59 Å². The third-order valence-corrected chi connectivity index (χ3v) is 5.09. The molecule has 0 radical (unpaired) electrons. The van der Waals surface area contributed by atoms with Crippen LogP contribution < -0.4 is 15.7 Å². The number of methoxy groups -OCH3 is 1. The van der Waals surface area contributed by atoms with E-state index in [1.165, 1.54) is 18.7 Å². The molecule has 0 unspecified atom stereocenters. The lowest BCUT2D eigenvalue weighted by molar-refractivity contribution is -0.142. The zero-order valence-electron chi connectivity index (χ0n) is 18.0. The van der Waals surface area contributed by atoms with Crippen LogP contribution in [0.1, 0.15) is 42.0 Å². The Balaban J connectivity index is 1.84. The van der Waals surface area contributed by atoms with Gasteiger partial charge < -0.3 is 19.2 Å². The van der Waals surface area contributed by atoms with Crippen LogP contribution in [0.15, 0.2) is 45.6 Å². The molecule has 0 fully saturated rings. The topological polar surface area (TPSA) is 77.8 Å². The van der Waals surface area contributed by atoms with E-state index in [1.54, 1.807) is 6.07 Å². The zero-order valence-corrected chi connectivity index (χ0v) is 18.0. The second-order valence-corrected chi connectivity index (χ2v) is 7.65. The molecule has 1 heterocycles. The van der Waals surface area contributed by atoms with Crippen LogP contribution in [0.25, 0.3) is 11.0 Å². The van der Waals surface area contributed by atoms with Crippen LogP contribution in [0.5, 0.6) is 5.75 Å². The molecular formula is C24H27NO5. The van der Waals surface area contributed by atoms with Gasteiger partial charge in [0.15, 0.2) is 6.61 Å². The Kier molecular flexibility index (Phi) is 6.45. The minimum absolute atomic E-state index is 0.133. The number of esters is 1. The maximum atomic E-state index is 12.1. The summed E-state index contributed by atoms with van der Waals surface area (Å²) in [6.45, 7) is 8.63. The number of rotatable bonds is 7. The molecule has 1 aromatic heterocycles. The van der Waals surface area contributed by atoms with Crippen LogP contribution >= 0.6 is 0 Å². The summed E-state index contributed by atoms with van der Waals surface area (Å²) in [6, 6.07) is 11.1. The van der Waals surface area contributed by atoms with Gasteiger partial charge in [0.2, 0.25) is 0 Å². The molecule has 3 aromatic rings. The number of ether oxygens (including phenoxy) is 2. The van der Waals surface area contributed by atoms with Gasteiger partial charge in [-0.15, -0.1) is 0 Å². The van der Waals surface area contributed by atoms with Crippen LogP contribution in [0.3, 0.4) is 0 Å². The molecule has 0 saturated carbocycles. The summed E-state index contributed by atoms with van der Waals surface area (Å²) < 4.78 is 15.4. The van der Waals surface area contributed by atoms with E-state index in [9.17, 15) is 9.59 Å². The van der Waals surface area contributed by atoms with Crippen molar-refractivity contribution in [2.75, 3.05) is 19.0 Å². The normalized spacial score (nSPS) is 11.0. The van der Waals surface area contributed by atoms with Crippen LogP contribution in [-0.4, -0.2) is 19.7 Å². The lowest BCUT2D eigenvalue weighted by Crippen LogP contribution is -2.12. The number of benzene rings is 2. The van der Waals surface area contributed by atoms with Crippen molar-refractivity contribution in [1.29, 1.82) is 0 Å². The smallest absolute Gasteiger partial charge is 0.343 e. The summed E-state index contributed by atoms with van der Waals surface area (Å²) in [7, 11) is 1.32. The van der Waals surface area contributed by atoms with E-state index in [0.717, 1.165) is 27.8 Å². The molecule has 2 aromatic carbocycles. The van der Waals surface area contributed by atoms with E-state index in [0.29, 0.717) is 23.8 Å². The number of fused-ring (bicyclic) bond motifs is 1. The van der Waals surface area contributed by atoms with Gasteiger partial charge in [-0.3, -0.25) is 0 Å². The monoisotopic (exact) mass is 409 g/mol. The maximum absolute atomic E-state index is 12.1. The van der Waals surface area contributed by atoms with Crippen molar-refractivity contribution in [3.63, 3.8) is 0 Å². The highest BCUT2D eigenvalue weighted by Gasteiger charge is 2.12. The molecule has 0 aliphatic heterocycles. The van der Waals surface area contributed by atoms with Crippen LogP contribution in [0.2, 0.25) is 0 Å². The maximum Gasteiger partial charge on any atom is 0.343 e. The van der Waals surface area contributed by atoms with Crippen molar-refractivity contribution in [3.05, 3.63) is 69.1 Å². The third kappa shape index (κ3) is 4.82. The number of hydrogen-bond acceptors (Lipinski definition) is 6. The third-order valence-electron chi connectivity index (χ3n) is 5.09. The molecule has 30 heavy (non-hydrogen) atoms. The molecule has 0 bridgehead atoms. The molecule has 3 rings (SSSR count). The lowest BCUT2D eigenvalue weighted by atomic mass is 9.95. The number of carbonyl (C=O) groups is 1. The first-order chi connectivity index (χ1) is 14.3. The van der Waals surface area contributed by atoms with Crippen molar-refractivity contribution in [3.8, 4) is 5.75 Å². The van der Waals surface area contributed by atoms with Crippen LogP contribution in [-0.2, 0) is 16.1 Å². The largest absolute Gasteiger partial charge is 0.482 e. The van der Waals surface area contributed by atoms with Gasteiger partial charge in [0.1, 0.15) is 11.3 Å². The average molecular weight is 409 g/mol. The second kappa shape index (κ2) is 9.03. The van der Waals surface area contributed by atoms with E-state index in [4.69, 9.17) is 9.15 Å². The summed E-state index contributed by atoms with van der Waals surface area (Å²) in [5, 5.41) is 4.32. The lowest BCUT2D eigenvalue weighted by Gasteiger charge is -2.15. The van der Waals surface area contributed by atoms with E-state index >= 15 is 0 Å². The predicted molar refractivity (Wildman–Crippen MR) is 117 cm³/mol. The number of anilines is 1. The molecule has 1 N–H and O–H groups in total. The first-order valence-electron chi connectivity index (χ1n) is 9.90. The standard InChI is InChI=1S/C24H27NO5/c1-14(2)19-11-20-17(10-23(26)30-22(20)9-15(19)3)12-25-21-7-6-18(8-16(21)4)29-13-24(27)28-5/h6-11,14,25H,12-13H2,1-5H3. The highest BCUT2D eigenvalue weighted by Crippen LogP contribution is 2.28. The second-order valence-electron chi connectivity index (χ2n) is 7.65. The van der Waals surface area contributed by atoms with Crippen molar-refractivity contribution in [1.82, 2.24) is 0 Å². The van der Waals surface area contributed by atoms with Gasteiger partial charge in [0.05, 0.1) is 7.11 Å². The number of hydrogen-bond donors (Lipinski definition) is 1. The fraction of sp³-hybridized carbons (Fsp3) is 0.333. The predicted octanol–water partition coefficient (Wildman–Crippen LogP) is 4.70. The van der Waals surface area contributed by atoms with Gasteiger partial charge >= 0.3 is 11.6 Å². The summed E-state index contributed by atoms with van der Waals surface area (Å²) in [4.78, 5) is 23.3. The molecular weight excluding hydrogens is 382 g/mol. The molecule has 0 aliphatic carbocycles. The molecule has 0 saturated heterocycles. The fourth-order valence-corrected chi connectivity index (χ4v) is 3.48. The number of carbonyl (C=O) groups excluding carboxylic acids is 1. The highest BCUT2D eigenvalue weighted by molar-refractivity contribution is 5.82. The van der Waals surface area contributed by atoms with Crippen molar-refractivity contribution in [2.45, 2.75) is 40.2 Å². The summed E-state index contributed by atoms with van der Waals surface area (Å²) >= 11 is 0. The Hall–Kier alpha value is -3.28. The SMILES string of the molecule is COC(=O)COc1ccc(NCc2cc(=O)oc3cc(C)c(C(C)C)cc23)c(C)c1. The van der Waals surface area contributed by atoms with Gasteiger partial charge in [-0.2, -0.15) is 0 Å². The molecule has 6 heteroatoms. The number of aryl methyl sites for hydroxylation is 2. The number of nitrogens with one attached hydrogen (secondary N) is 1. The Morgan fingerprint density at radius 3 is 2.53 bits per heavy atom. The molecule has 0 aliphatic rings. The van der Waals surface area contributed by atoms with Crippen LogP contribution in [0.4, 0.5) is 5.69 Å². The molecule has 0 spiro atoms. The van der Waals surface area contributed by atoms with E-state index in [2.05, 4.69) is 30.0 Å². The Labute approximate surface area is 175 Å². The van der Waals surface area contributed by atoms with Crippen molar-refractivity contribution < 1.29 is 18.7 Å². The fourth-order valence-electron chi connectivity index (χ4n) is 3.48. The van der Waals surface area contributed by atoms with Gasteiger partial charge in [-0.1, -0.05) is 13.8 Å². The van der Waals surface area contributed by atoms with E-state index in [1.807, 2.05) is 32.0 Å². The Morgan fingerprint density at radius 2 is 1.87 bits per heavy atom. The molecule has 0 amide bonds. The summed E-state index contributed by atoms with van der Waals surface area (Å²) in [5.41, 5.74) is 5.35. The van der Waals surface area contributed by atoms with Crippen molar-refractivity contribution >= 4 is 22.6 Å². The summed E-state index contributed by atoms with van der Waals surface area (Å²) in [6.07, 6.45) is 0. The first-order valence-corrected chi connectivity index (χ1v) is 9.90. The first kappa shape index (κ1) is 21.4. The van der Waals surface area contributed by atoms with Gasteiger partial charge in [0, 0.05) is 23.7 Å². The zero-order chi connectivity index (χ0) is 21.8. The summed E-state index contributed by atoms with van der Waals surface area (Å²) in [5.74, 6) is 0.536.